The highest BCUT2D eigenvalue weighted by atomic mass is 32.1. The lowest BCUT2D eigenvalue weighted by Gasteiger charge is -2.18. The molecule has 1 heterocycles. The van der Waals surface area contributed by atoms with Crippen molar-refractivity contribution in [3.8, 4) is 0 Å². The molecular weight excluding hydrogens is 204 g/mol. The second-order valence-electron chi connectivity index (χ2n) is 3.56. The normalized spacial score (nSPS) is 10.3. The van der Waals surface area contributed by atoms with E-state index >= 15 is 0 Å². The second-order valence-corrected chi connectivity index (χ2v) is 4.45. The van der Waals surface area contributed by atoms with E-state index in [2.05, 4.69) is 30.3 Å². The van der Waals surface area contributed by atoms with Gasteiger partial charge in [0.1, 0.15) is 0 Å². The van der Waals surface area contributed by atoms with Crippen molar-refractivity contribution in [3.63, 3.8) is 0 Å². The number of anilines is 3. The summed E-state index contributed by atoms with van der Waals surface area (Å²) in [6.07, 6.45) is 0. The molecule has 0 saturated carbocycles. The van der Waals surface area contributed by atoms with Crippen LogP contribution in [0.15, 0.2) is 35.7 Å². The van der Waals surface area contributed by atoms with Gasteiger partial charge in [0.25, 0.3) is 0 Å². The lowest BCUT2D eigenvalue weighted by atomic mass is 10.2. The summed E-state index contributed by atoms with van der Waals surface area (Å²) >= 11 is 1.75. The molecule has 0 aliphatic rings. The Labute approximate surface area is 94.0 Å². The SMILES string of the molecule is Cc1ccsc1N(C)c1ccc(N)cc1. The first kappa shape index (κ1) is 10.1. The molecule has 0 amide bonds. The van der Waals surface area contributed by atoms with Gasteiger partial charge in [-0.2, -0.15) is 0 Å². The third-order valence-electron chi connectivity index (χ3n) is 2.42. The first-order chi connectivity index (χ1) is 7.18. The van der Waals surface area contributed by atoms with Crippen LogP contribution in [-0.4, -0.2) is 7.05 Å². The molecule has 0 aliphatic heterocycles. The Bertz CT molecular complexity index is 445. The van der Waals surface area contributed by atoms with Crippen LogP contribution < -0.4 is 10.6 Å². The van der Waals surface area contributed by atoms with E-state index in [4.69, 9.17) is 5.73 Å². The highest BCUT2D eigenvalue weighted by molar-refractivity contribution is 7.14. The number of hydrogen-bond donors (Lipinski definition) is 1. The molecule has 78 valence electrons. The summed E-state index contributed by atoms with van der Waals surface area (Å²) in [5, 5.41) is 3.39. The molecule has 2 rings (SSSR count). The van der Waals surface area contributed by atoms with Gasteiger partial charge in [-0.25, -0.2) is 0 Å². The van der Waals surface area contributed by atoms with Crippen LogP contribution >= 0.6 is 11.3 Å². The maximum atomic E-state index is 5.66. The minimum Gasteiger partial charge on any atom is -0.399 e. The largest absolute Gasteiger partial charge is 0.399 e. The van der Waals surface area contributed by atoms with Crippen LogP contribution in [0.3, 0.4) is 0 Å². The second kappa shape index (κ2) is 3.95. The topological polar surface area (TPSA) is 29.3 Å². The van der Waals surface area contributed by atoms with Gasteiger partial charge in [-0.1, -0.05) is 0 Å². The quantitative estimate of drug-likeness (QED) is 0.783. The first-order valence-electron chi connectivity index (χ1n) is 4.82. The van der Waals surface area contributed by atoms with Crippen LogP contribution in [0, 0.1) is 6.92 Å². The number of hydrogen-bond acceptors (Lipinski definition) is 3. The summed E-state index contributed by atoms with van der Waals surface area (Å²) in [5.74, 6) is 0. The molecule has 2 aromatic rings. The maximum Gasteiger partial charge on any atom is 0.0980 e. The number of nitrogen functional groups attached to an aromatic ring is 1. The fraction of sp³-hybridized carbons (Fsp3) is 0.167. The van der Waals surface area contributed by atoms with E-state index in [1.54, 1.807) is 11.3 Å². The zero-order chi connectivity index (χ0) is 10.8. The summed E-state index contributed by atoms with van der Waals surface area (Å²) in [4.78, 5) is 2.18. The lowest BCUT2D eigenvalue weighted by Crippen LogP contribution is -2.08. The molecule has 0 bridgehead atoms. The van der Waals surface area contributed by atoms with Gasteiger partial charge in [0.05, 0.1) is 5.00 Å². The number of rotatable bonds is 2. The predicted molar refractivity (Wildman–Crippen MR) is 68.0 cm³/mol. The van der Waals surface area contributed by atoms with Crippen LogP contribution in [0.1, 0.15) is 5.56 Å². The molecule has 15 heavy (non-hydrogen) atoms. The highest BCUT2D eigenvalue weighted by Crippen LogP contribution is 2.31. The van der Waals surface area contributed by atoms with Gasteiger partial charge >= 0.3 is 0 Å². The Morgan fingerprint density at radius 3 is 2.33 bits per heavy atom. The summed E-state index contributed by atoms with van der Waals surface area (Å²) < 4.78 is 0. The molecule has 0 spiro atoms. The van der Waals surface area contributed by atoms with E-state index < -0.39 is 0 Å². The van der Waals surface area contributed by atoms with Crippen molar-refractivity contribution in [1.82, 2.24) is 0 Å². The summed E-state index contributed by atoms with van der Waals surface area (Å²) in [6.45, 7) is 2.12. The number of aryl methyl sites for hydroxylation is 1. The average molecular weight is 218 g/mol. The number of nitrogens with zero attached hydrogens (tertiary/aromatic N) is 1. The van der Waals surface area contributed by atoms with Crippen molar-refractivity contribution in [2.45, 2.75) is 6.92 Å². The maximum absolute atomic E-state index is 5.66. The standard InChI is InChI=1S/C12H14N2S/c1-9-7-8-15-12(9)14(2)11-5-3-10(13)4-6-11/h3-8H,13H2,1-2H3. The van der Waals surface area contributed by atoms with E-state index in [0.29, 0.717) is 0 Å². The Hall–Kier alpha value is -1.48. The van der Waals surface area contributed by atoms with Crippen molar-refractivity contribution in [3.05, 3.63) is 41.3 Å². The Kier molecular flexibility index (Phi) is 2.64. The number of benzene rings is 1. The van der Waals surface area contributed by atoms with E-state index in [-0.39, 0.29) is 0 Å². The highest BCUT2D eigenvalue weighted by Gasteiger charge is 2.07. The fourth-order valence-electron chi connectivity index (χ4n) is 1.52. The van der Waals surface area contributed by atoms with Gasteiger partial charge in [0.2, 0.25) is 0 Å². The van der Waals surface area contributed by atoms with Crippen LogP contribution in [0.2, 0.25) is 0 Å². The fourth-order valence-corrected chi connectivity index (χ4v) is 2.44. The lowest BCUT2D eigenvalue weighted by molar-refractivity contribution is 1.22. The Balaban J connectivity index is 2.32. The minimum atomic E-state index is 0.801. The third kappa shape index (κ3) is 1.97. The molecule has 0 aliphatic carbocycles. The minimum absolute atomic E-state index is 0.801. The van der Waals surface area contributed by atoms with Gasteiger partial charge in [0, 0.05) is 18.4 Å². The molecule has 0 saturated heterocycles. The van der Waals surface area contributed by atoms with Crippen molar-refractivity contribution < 1.29 is 0 Å². The number of thiophene rings is 1. The molecule has 2 nitrogen and oxygen atoms in total. The summed E-state index contributed by atoms with van der Waals surface area (Å²) in [6, 6.07) is 10.1. The summed E-state index contributed by atoms with van der Waals surface area (Å²) in [5.41, 5.74) is 8.93. The van der Waals surface area contributed by atoms with Crippen LogP contribution in [0.4, 0.5) is 16.4 Å². The van der Waals surface area contributed by atoms with Crippen molar-refractivity contribution >= 4 is 27.7 Å². The van der Waals surface area contributed by atoms with Crippen molar-refractivity contribution in [2.75, 3.05) is 17.7 Å². The number of nitrogens with two attached hydrogens (primary N) is 1. The molecule has 3 heteroatoms. The van der Waals surface area contributed by atoms with Gasteiger partial charge in [-0.15, -0.1) is 11.3 Å². The molecule has 1 aromatic carbocycles. The molecule has 2 N–H and O–H groups in total. The van der Waals surface area contributed by atoms with Crippen LogP contribution in [-0.2, 0) is 0 Å². The molecular formula is C12H14N2S. The van der Waals surface area contributed by atoms with E-state index in [9.17, 15) is 0 Å². The summed E-state index contributed by atoms with van der Waals surface area (Å²) in [7, 11) is 2.07. The van der Waals surface area contributed by atoms with Gasteiger partial charge < -0.3 is 10.6 Å². The molecule has 0 radical (unpaired) electrons. The van der Waals surface area contributed by atoms with E-state index in [1.807, 2.05) is 24.3 Å². The van der Waals surface area contributed by atoms with E-state index in [0.717, 1.165) is 11.4 Å². The molecule has 0 atom stereocenters. The van der Waals surface area contributed by atoms with Crippen molar-refractivity contribution in [1.29, 1.82) is 0 Å². The smallest absolute Gasteiger partial charge is 0.0980 e. The monoisotopic (exact) mass is 218 g/mol. The van der Waals surface area contributed by atoms with Crippen LogP contribution in [0.25, 0.3) is 0 Å². The third-order valence-corrected chi connectivity index (χ3v) is 3.51. The first-order valence-corrected chi connectivity index (χ1v) is 5.70. The zero-order valence-corrected chi connectivity index (χ0v) is 9.71. The predicted octanol–water partition coefficient (Wildman–Crippen LogP) is 3.41. The van der Waals surface area contributed by atoms with Gasteiger partial charge in [-0.3, -0.25) is 0 Å². The molecule has 1 aromatic heterocycles. The molecule has 0 unspecified atom stereocenters. The van der Waals surface area contributed by atoms with Gasteiger partial charge in [-0.05, 0) is 48.2 Å². The Morgan fingerprint density at radius 1 is 1.13 bits per heavy atom. The van der Waals surface area contributed by atoms with Gasteiger partial charge in [0.15, 0.2) is 0 Å². The Morgan fingerprint density at radius 2 is 1.80 bits per heavy atom. The van der Waals surface area contributed by atoms with E-state index in [1.165, 1.54) is 10.6 Å². The zero-order valence-electron chi connectivity index (χ0n) is 8.90. The molecule has 0 fully saturated rings. The average Bonchev–Trinajstić information content (AvgIpc) is 2.65. The van der Waals surface area contributed by atoms with Crippen LogP contribution in [0.5, 0.6) is 0 Å². The van der Waals surface area contributed by atoms with Crippen molar-refractivity contribution in [2.24, 2.45) is 0 Å².